The summed E-state index contributed by atoms with van der Waals surface area (Å²) in [4.78, 5) is 10.6. The van der Waals surface area contributed by atoms with Gasteiger partial charge in [0, 0.05) is 36.5 Å². The van der Waals surface area contributed by atoms with Gasteiger partial charge in [-0.25, -0.2) is 9.97 Å². The number of hydrogen-bond acceptors (Lipinski definition) is 5. The number of aryl methyl sites for hydroxylation is 1. The molecule has 0 spiro atoms. The van der Waals surface area contributed by atoms with Crippen molar-refractivity contribution < 1.29 is 0 Å². The summed E-state index contributed by atoms with van der Waals surface area (Å²) >= 11 is 6.02. The van der Waals surface area contributed by atoms with Crippen molar-refractivity contribution in [1.29, 1.82) is 5.26 Å². The molecule has 1 fully saturated rings. The van der Waals surface area contributed by atoms with Gasteiger partial charge in [-0.1, -0.05) is 36.4 Å². The molecule has 0 amide bonds. The van der Waals surface area contributed by atoms with Crippen LogP contribution in [-0.2, 0) is 6.42 Å². The third kappa shape index (κ3) is 3.50. The lowest BCUT2D eigenvalue weighted by atomic mass is 9.96. The first-order chi connectivity index (χ1) is 11.6. The number of rotatable bonds is 5. The highest BCUT2D eigenvalue weighted by molar-refractivity contribution is 6.29. The van der Waals surface area contributed by atoms with E-state index in [-0.39, 0.29) is 6.42 Å². The molecule has 1 saturated heterocycles. The summed E-state index contributed by atoms with van der Waals surface area (Å²) in [6.45, 7) is 7.87. The first kappa shape index (κ1) is 16.3. The van der Waals surface area contributed by atoms with Crippen LogP contribution in [0.25, 0.3) is 0 Å². The van der Waals surface area contributed by atoms with Crippen LogP contribution in [0, 0.1) is 24.2 Å². The molecule has 0 aliphatic carbocycles. The van der Waals surface area contributed by atoms with Gasteiger partial charge in [0.25, 0.3) is 0 Å². The predicted octanol–water partition coefficient (Wildman–Crippen LogP) is 3.57. The Morgan fingerprint density at radius 3 is 2.88 bits per heavy atom. The first-order valence-electron chi connectivity index (χ1n) is 7.73. The van der Waals surface area contributed by atoms with Gasteiger partial charge in [-0.2, -0.15) is 5.26 Å². The van der Waals surface area contributed by atoms with E-state index in [1.807, 2.05) is 18.2 Å². The zero-order chi connectivity index (χ0) is 17.1. The van der Waals surface area contributed by atoms with Crippen LogP contribution in [0.3, 0.4) is 0 Å². The Morgan fingerprint density at radius 2 is 2.17 bits per heavy atom. The average molecular weight is 340 g/mol. The van der Waals surface area contributed by atoms with Gasteiger partial charge in [-0.05, 0) is 18.6 Å². The molecule has 24 heavy (non-hydrogen) atoms. The second-order valence-corrected chi connectivity index (χ2v) is 6.25. The Hall–Kier alpha value is -2.58. The van der Waals surface area contributed by atoms with Gasteiger partial charge in [0.05, 0.1) is 12.5 Å². The smallest absolute Gasteiger partial charge is 0.146 e. The summed E-state index contributed by atoms with van der Waals surface area (Å²) in [5.74, 6) is 1.57. The van der Waals surface area contributed by atoms with Crippen molar-refractivity contribution in [1.82, 2.24) is 9.97 Å². The number of anilines is 2. The van der Waals surface area contributed by atoms with Gasteiger partial charge in [0.15, 0.2) is 0 Å². The maximum atomic E-state index is 8.78. The van der Waals surface area contributed by atoms with Crippen LogP contribution in [0.4, 0.5) is 11.5 Å². The normalized spacial score (nSPS) is 14.0. The van der Waals surface area contributed by atoms with Crippen LogP contribution in [0.5, 0.6) is 0 Å². The van der Waals surface area contributed by atoms with Gasteiger partial charge in [-0.15, -0.1) is 0 Å². The Kier molecular flexibility index (Phi) is 4.68. The van der Waals surface area contributed by atoms with Crippen LogP contribution in [-0.4, -0.2) is 23.1 Å². The second-order valence-electron chi connectivity index (χ2n) is 5.87. The summed E-state index contributed by atoms with van der Waals surface area (Å²) in [7, 11) is 0. The van der Waals surface area contributed by atoms with Crippen molar-refractivity contribution >= 4 is 23.1 Å². The topological polar surface area (TPSA) is 64.8 Å². The van der Waals surface area contributed by atoms with Crippen molar-refractivity contribution in [2.45, 2.75) is 13.3 Å². The number of aromatic nitrogens is 2. The van der Waals surface area contributed by atoms with Crippen LogP contribution < -0.4 is 10.2 Å². The minimum Gasteiger partial charge on any atom is -0.359 e. The van der Waals surface area contributed by atoms with Crippen molar-refractivity contribution in [2.24, 2.45) is 5.92 Å². The van der Waals surface area contributed by atoms with Crippen molar-refractivity contribution in [3.63, 3.8) is 0 Å². The summed E-state index contributed by atoms with van der Waals surface area (Å²) < 4.78 is 0. The van der Waals surface area contributed by atoms with Gasteiger partial charge >= 0.3 is 0 Å². The molecule has 2 aromatic rings. The molecule has 1 aromatic carbocycles. The van der Waals surface area contributed by atoms with Gasteiger partial charge < -0.3 is 10.2 Å². The van der Waals surface area contributed by atoms with Crippen LogP contribution >= 0.6 is 11.6 Å². The number of nitrogens with one attached hydrogen (secondary N) is 1. The van der Waals surface area contributed by atoms with E-state index in [1.54, 1.807) is 6.07 Å². The Balaban J connectivity index is 1.62. The number of nitriles is 1. The molecule has 0 atom stereocenters. The standard InChI is InChI=1S/C18H18ClN5/c1-12-5-3-4-6-15(12)21-13(2)14-10-24(11-14)18-9-16(19)22-17(23-18)7-8-20/h3-6,9,14,21H,2,7,10-11H2,1H3. The number of hydrogen-bond donors (Lipinski definition) is 1. The fourth-order valence-corrected chi connectivity index (χ4v) is 2.83. The molecular formula is C18H18ClN5. The molecule has 1 N–H and O–H groups in total. The maximum absolute atomic E-state index is 8.78. The quantitative estimate of drug-likeness (QED) is 0.844. The molecule has 0 unspecified atom stereocenters. The number of halogens is 1. The average Bonchev–Trinajstić information content (AvgIpc) is 2.48. The largest absolute Gasteiger partial charge is 0.359 e. The van der Waals surface area contributed by atoms with Gasteiger partial charge in [-0.3, -0.25) is 0 Å². The van der Waals surface area contributed by atoms with E-state index >= 15 is 0 Å². The molecule has 6 heteroatoms. The lowest BCUT2D eigenvalue weighted by Crippen LogP contribution is -2.49. The lowest BCUT2D eigenvalue weighted by molar-refractivity contribution is 0.468. The zero-order valence-electron chi connectivity index (χ0n) is 13.5. The van der Waals surface area contributed by atoms with E-state index < -0.39 is 0 Å². The molecule has 1 aromatic heterocycles. The Labute approximate surface area is 146 Å². The fourth-order valence-electron chi connectivity index (χ4n) is 2.64. The summed E-state index contributed by atoms with van der Waals surface area (Å²) in [5.41, 5.74) is 3.28. The Morgan fingerprint density at radius 1 is 1.42 bits per heavy atom. The van der Waals surface area contributed by atoms with Crippen LogP contribution in [0.1, 0.15) is 11.4 Å². The fraction of sp³-hybridized carbons (Fsp3) is 0.278. The third-order valence-electron chi connectivity index (χ3n) is 4.10. The molecule has 0 saturated carbocycles. The predicted molar refractivity (Wildman–Crippen MR) is 96.0 cm³/mol. The Bertz CT molecular complexity index is 805. The molecule has 0 radical (unpaired) electrons. The van der Waals surface area contributed by atoms with Crippen molar-refractivity contribution in [2.75, 3.05) is 23.3 Å². The summed E-state index contributed by atoms with van der Waals surface area (Å²) in [5, 5.41) is 12.6. The minimum absolute atomic E-state index is 0.159. The molecule has 122 valence electrons. The third-order valence-corrected chi connectivity index (χ3v) is 4.30. The highest BCUT2D eigenvalue weighted by atomic mass is 35.5. The molecule has 2 heterocycles. The van der Waals surface area contributed by atoms with Gasteiger partial charge in [0.2, 0.25) is 0 Å². The molecule has 1 aliphatic heterocycles. The van der Waals surface area contributed by atoms with Crippen LogP contribution in [0.2, 0.25) is 5.15 Å². The van der Waals surface area contributed by atoms with Crippen molar-refractivity contribution in [3.05, 3.63) is 59.1 Å². The van der Waals surface area contributed by atoms with Crippen LogP contribution in [0.15, 0.2) is 42.6 Å². The molecule has 5 nitrogen and oxygen atoms in total. The van der Waals surface area contributed by atoms with E-state index in [0.717, 1.165) is 30.3 Å². The minimum atomic E-state index is 0.159. The summed E-state index contributed by atoms with van der Waals surface area (Å²) in [6, 6.07) is 11.9. The lowest BCUT2D eigenvalue weighted by Gasteiger charge is -2.41. The van der Waals surface area contributed by atoms with E-state index in [2.05, 4.69) is 45.8 Å². The summed E-state index contributed by atoms with van der Waals surface area (Å²) in [6.07, 6.45) is 0.159. The highest BCUT2D eigenvalue weighted by Crippen LogP contribution is 2.29. The van der Waals surface area contributed by atoms with E-state index in [4.69, 9.17) is 16.9 Å². The van der Waals surface area contributed by atoms with E-state index in [1.165, 1.54) is 5.56 Å². The molecule has 3 rings (SSSR count). The zero-order valence-corrected chi connectivity index (χ0v) is 14.2. The number of benzene rings is 1. The molecule has 0 bridgehead atoms. The van der Waals surface area contributed by atoms with E-state index in [9.17, 15) is 0 Å². The monoisotopic (exact) mass is 339 g/mol. The first-order valence-corrected chi connectivity index (χ1v) is 8.11. The molecule has 1 aliphatic rings. The maximum Gasteiger partial charge on any atom is 0.146 e. The molecular weight excluding hydrogens is 322 g/mol. The second kappa shape index (κ2) is 6.90. The number of nitrogens with zero attached hydrogens (tertiary/aromatic N) is 4. The SMILES string of the molecule is C=C(Nc1ccccc1C)C1CN(c2cc(Cl)nc(CC#N)n2)C1. The van der Waals surface area contributed by atoms with Crippen molar-refractivity contribution in [3.8, 4) is 6.07 Å². The van der Waals surface area contributed by atoms with Gasteiger partial charge in [0.1, 0.15) is 16.8 Å². The van der Waals surface area contributed by atoms with E-state index in [0.29, 0.717) is 16.9 Å². The number of para-hydroxylation sites is 1. The highest BCUT2D eigenvalue weighted by Gasteiger charge is 2.30.